The van der Waals surface area contributed by atoms with E-state index in [4.69, 9.17) is 16.3 Å². The van der Waals surface area contributed by atoms with E-state index in [0.717, 1.165) is 28.2 Å². The minimum Gasteiger partial charge on any atom is -0.469 e. The molecule has 0 fully saturated rings. The molecule has 2 aromatic rings. The van der Waals surface area contributed by atoms with E-state index in [2.05, 4.69) is 4.99 Å². The van der Waals surface area contributed by atoms with Crippen LogP contribution in [0, 0.1) is 6.92 Å². The number of hydrogen-bond acceptors (Lipinski definition) is 3. The van der Waals surface area contributed by atoms with Crippen molar-refractivity contribution in [3.63, 3.8) is 0 Å². The monoisotopic (exact) mass is 318 g/mol. The second-order valence-electron chi connectivity index (χ2n) is 5.06. The Bertz CT molecular complexity index is 715. The van der Waals surface area contributed by atoms with E-state index in [9.17, 15) is 4.79 Å². The van der Waals surface area contributed by atoms with Crippen molar-refractivity contribution in [3.05, 3.63) is 57.9 Å². The molecule has 0 aliphatic carbocycles. The highest BCUT2D eigenvalue weighted by Crippen LogP contribution is 2.21. The van der Waals surface area contributed by atoms with E-state index in [1.54, 1.807) is 7.05 Å². The average Bonchev–Trinajstić information content (AvgIpc) is 2.77. The minimum atomic E-state index is -0.256. The first-order valence-corrected chi connectivity index (χ1v) is 7.30. The van der Waals surface area contributed by atoms with Gasteiger partial charge in [0.05, 0.1) is 24.9 Å². The number of aromatic nitrogens is 1. The second-order valence-corrected chi connectivity index (χ2v) is 5.49. The molecule has 22 heavy (non-hydrogen) atoms. The lowest BCUT2D eigenvalue weighted by Crippen LogP contribution is -2.14. The molecule has 0 saturated carbocycles. The van der Waals surface area contributed by atoms with E-state index in [0.29, 0.717) is 5.02 Å². The predicted octanol–water partition coefficient (Wildman–Crippen LogP) is 3.17. The van der Waals surface area contributed by atoms with E-state index in [1.165, 1.54) is 7.11 Å². The van der Waals surface area contributed by atoms with E-state index >= 15 is 0 Å². The van der Waals surface area contributed by atoms with Gasteiger partial charge in [-0.25, -0.2) is 0 Å². The summed E-state index contributed by atoms with van der Waals surface area (Å²) in [5.74, 6) is -0.256. The molecule has 0 bridgehead atoms. The lowest BCUT2D eigenvalue weighted by atomic mass is 10.0. The molecule has 2 rings (SSSR count). The van der Waals surface area contributed by atoms with Crippen LogP contribution in [0.3, 0.4) is 0 Å². The van der Waals surface area contributed by atoms with Crippen LogP contribution >= 0.6 is 11.6 Å². The molecular weight excluding hydrogens is 300 g/mol. The molecule has 0 saturated heterocycles. The maximum Gasteiger partial charge on any atom is 0.311 e. The van der Waals surface area contributed by atoms with Gasteiger partial charge in [-0.05, 0) is 30.7 Å². The standard InChI is InChI=1S/C17H19ClN2O2/c1-11-9-14(10-15(21)22-4)20(3)17(11)16(19-2)12-5-7-13(18)8-6-12/h5-9H,10H2,1-4H3. The van der Waals surface area contributed by atoms with Gasteiger partial charge in [-0.1, -0.05) is 23.7 Å². The van der Waals surface area contributed by atoms with E-state index in [-0.39, 0.29) is 12.4 Å². The van der Waals surface area contributed by atoms with Gasteiger partial charge in [-0.3, -0.25) is 9.79 Å². The van der Waals surface area contributed by atoms with Crippen LogP contribution in [0.5, 0.6) is 0 Å². The van der Waals surface area contributed by atoms with Gasteiger partial charge >= 0.3 is 5.97 Å². The van der Waals surface area contributed by atoms with Crippen LogP contribution in [-0.4, -0.2) is 30.4 Å². The van der Waals surface area contributed by atoms with Gasteiger partial charge in [-0.15, -0.1) is 0 Å². The van der Waals surface area contributed by atoms with E-state index < -0.39 is 0 Å². The number of aliphatic imine (C=N–C) groups is 1. The fourth-order valence-electron chi connectivity index (χ4n) is 2.54. The Hall–Kier alpha value is -2.07. The Kier molecular flexibility index (Phi) is 5.03. The molecule has 1 aromatic carbocycles. The number of benzene rings is 1. The lowest BCUT2D eigenvalue weighted by molar-refractivity contribution is -0.139. The number of aryl methyl sites for hydroxylation is 1. The molecule has 0 aliphatic rings. The first-order valence-electron chi connectivity index (χ1n) is 6.93. The summed E-state index contributed by atoms with van der Waals surface area (Å²) in [6, 6.07) is 9.56. The van der Waals surface area contributed by atoms with Crippen molar-refractivity contribution in [2.24, 2.45) is 12.0 Å². The highest BCUT2D eigenvalue weighted by atomic mass is 35.5. The molecule has 0 radical (unpaired) electrons. The quantitative estimate of drug-likeness (QED) is 0.642. The van der Waals surface area contributed by atoms with Crippen LogP contribution in [-0.2, 0) is 23.0 Å². The molecular formula is C17H19ClN2O2. The number of carbonyl (C=O) groups excluding carboxylic acids is 1. The van der Waals surface area contributed by atoms with Crippen molar-refractivity contribution >= 4 is 23.3 Å². The predicted molar refractivity (Wildman–Crippen MR) is 88.9 cm³/mol. The minimum absolute atomic E-state index is 0.242. The topological polar surface area (TPSA) is 43.6 Å². The van der Waals surface area contributed by atoms with Crippen LogP contribution in [0.1, 0.15) is 22.5 Å². The van der Waals surface area contributed by atoms with Crippen LogP contribution in [0.4, 0.5) is 0 Å². The lowest BCUT2D eigenvalue weighted by Gasteiger charge is -2.11. The van der Waals surface area contributed by atoms with Crippen molar-refractivity contribution in [2.45, 2.75) is 13.3 Å². The van der Waals surface area contributed by atoms with Gasteiger partial charge in [0, 0.05) is 30.4 Å². The highest BCUT2D eigenvalue weighted by molar-refractivity contribution is 6.30. The molecule has 4 nitrogen and oxygen atoms in total. The SMILES string of the molecule is CN=C(c1ccc(Cl)cc1)c1c(C)cc(CC(=O)OC)n1C. The zero-order valence-corrected chi connectivity index (χ0v) is 13.9. The van der Waals surface area contributed by atoms with Gasteiger partial charge in [0.15, 0.2) is 0 Å². The fraction of sp³-hybridized carbons (Fsp3) is 0.294. The van der Waals surface area contributed by atoms with Gasteiger partial charge in [-0.2, -0.15) is 0 Å². The Balaban J connectivity index is 2.46. The molecule has 0 amide bonds. The molecule has 0 spiro atoms. The normalized spacial score (nSPS) is 11.6. The van der Waals surface area contributed by atoms with Crippen molar-refractivity contribution < 1.29 is 9.53 Å². The number of rotatable bonds is 4. The van der Waals surface area contributed by atoms with Crippen LogP contribution < -0.4 is 0 Å². The maximum atomic E-state index is 11.5. The third-order valence-electron chi connectivity index (χ3n) is 3.64. The summed E-state index contributed by atoms with van der Waals surface area (Å²) in [4.78, 5) is 15.9. The van der Waals surface area contributed by atoms with Crippen LogP contribution in [0.15, 0.2) is 35.3 Å². The Morgan fingerprint density at radius 2 is 1.95 bits per heavy atom. The van der Waals surface area contributed by atoms with E-state index in [1.807, 2.05) is 48.9 Å². The molecule has 0 aliphatic heterocycles. The van der Waals surface area contributed by atoms with Crippen molar-refractivity contribution in [3.8, 4) is 0 Å². The number of hydrogen-bond donors (Lipinski definition) is 0. The molecule has 1 aromatic heterocycles. The number of nitrogens with zero attached hydrogens (tertiary/aromatic N) is 2. The number of ether oxygens (including phenoxy) is 1. The number of halogens is 1. The van der Waals surface area contributed by atoms with Crippen molar-refractivity contribution in [1.82, 2.24) is 4.57 Å². The average molecular weight is 319 g/mol. The maximum absolute atomic E-state index is 11.5. The zero-order chi connectivity index (χ0) is 16.3. The first-order chi connectivity index (χ1) is 10.5. The molecule has 1 heterocycles. The fourth-order valence-corrected chi connectivity index (χ4v) is 2.66. The zero-order valence-electron chi connectivity index (χ0n) is 13.2. The van der Waals surface area contributed by atoms with Gasteiger partial charge < -0.3 is 9.30 Å². The van der Waals surface area contributed by atoms with Crippen molar-refractivity contribution in [1.29, 1.82) is 0 Å². The molecule has 116 valence electrons. The van der Waals surface area contributed by atoms with Crippen LogP contribution in [0.2, 0.25) is 5.02 Å². The van der Waals surface area contributed by atoms with Gasteiger partial charge in [0.25, 0.3) is 0 Å². The Labute approximate surface area is 135 Å². The largest absolute Gasteiger partial charge is 0.469 e. The summed E-state index contributed by atoms with van der Waals surface area (Å²) >= 11 is 5.95. The Morgan fingerprint density at radius 1 is 1.32 bits per heavy atom. The second kappa shape index (κ2) is 6.79. The number of carbonyl (C=O) groups is 1. The summed E-state index contributed by atoms with van der Waals surface area (Å²) < 4.78 is 6.73. The summed E-state index contributed by atoms with van der Waals surface area (Å²) in [7, 11) is 5.09. The smallest absolute Gasteiger partial charge is 0.311 e. The summed E-state index contributed by atoms with van der Waals surface area (Å²) in [6.45, 7) is 2.01. The summed E-state index contributed by atoms with van der Waals surface area (Å²) in [6.07, 6.45) is 0.242. The van der Waals surface area contributed by atoms with Crippen LogP contribution in [0.25, 0.3) is 0 Å². The van der Waals surface area contributed by atoms with Crippen molar-refractivity contribution in [2.75, 3.05) is 14.2 Å². The summed E-state index contributed by atoms with van der Waals surface area (Å²) in [5.41, 5.74) is 4.81. The third kappa shape index (κ3) is 3.22. The molecule has 0 atom stereocenters. The number of esters is 1. The first kappa shape index (κ1) is 16.3. The third-order valence-corrected chi connectivity index (χ3v) is 3.89. The summed E-state index contributed by atoms with van der Waals surface area (Å²) in [5, 5.41) is 0.689. The molecule has 5 heteroatoms. The Morgan fingerprint density at radius 3 is 2.50 bits per heavy atom. The molecule has 0 N–H and O–H groups in total. The molecule has 0 unspecified atom stereocenters. The van der Waals surface area contributed by atoms with Gasteiger partial charge in [0.2, 0.25) is 0 Å². The highest BCUT2D eigenvalue weighted by Gasteiger charge is 2.18. The number of methoxy groups -OCH3 is 1. The van der Waals surface area contributed by atoms with Gasteiger partial charge in [0.1, 0.15) is 0 Å².